The monoisotopic (exact) mass is 319 g/mol. The van der Waals surface area contributed by atoms with E-state index >= 15 is 0 Å². The summed E-state index contributed by atoms with van der Waals surface area (Å²) in [4.78, 5) is 10.7. The number of hydrogen-bond donors (Lipinski definition) is 1. The number of halogens is 1. The van der Waals surface area contributed by atoms with Crippen LogP contribution in [0.4, 0.5) is 11.6 Å². The van der Waals surface area contributed by atoms with Gasteiger partial charge < -0.3 is 10.2 Å². The van der Waals surface area contributed by atoms with Crippen LogP contribution in [0.1, 0.15) is 7.79 Å². The average molecular weight is 320 g/mol. The van der Waals surface area contributed by atoms with Gasteiger partial charge in [-0.2, -0.15) is 0 Å². The number of hydrogen-bond acceptors (Lipinski definition) is 4. The van der Waals surface area contributed by atoms with Gasteiger partial charge >= 0.3 is 0 Å². The fraction of sp³-hybridized carbons (Fsp3) is 0.286. The lowest BCUT2D eigenvalue weighted by atomic mass is 10.3. The second-order valence-corrected chi connectivity index (χ2v) is 5.42. The van der Waals surface area contributed by atoms with E-state index in [0.717, 1.165) is 19.5 Å². The summed E-state index contributed by atoms with van der Waals surface area (Å²) in [6, 6.07) is 10.7. The molecule has 1 fully saturated rings. The van der Waals surface area contributed by atoms with Crippen molar-refractivity contribution in [2.75, 3.05) is 23.3 Å². The highest BCUT2D eigenvalue weighted by Gasteiger charge is 2.22. The van der Waals surface area contributed by atoms with E-state index in [1.54, 1.807) is 6.20 Å². The van der Waals surface area contributed by atoms with Gasteiger partial charge in [0.25, 0.3) is 0 Å². The molecule has 0 saturated carbocycles. The van der Waals surface area contributed by atoms with Crippen LogP contribution < -0.4 is 10.2 Å². The third-order valence-corrected chi connectivity index (χ3v) is 3.59. The van der Waals surface area contributed by atoms with Crippen molar-refractivity contribution in [1.82, 2.24) is 9.97 Å². The molecular weight excluding hydrogens is 304 g/mol. The molecule has 4 nitrogen and oxygen atoms in total. The molecular formula is C14H15BrN4. The SMILES string of the molecule is [2H]c1nc(NC2CCN(c3ccccc3)C2)ncc1Br. The van der Waals surface area contributed by atoms with Crippen LogP contribution in [0.2, 0.25) is 0 Å². The Hall–Kier alpha value is -1.62. The molecule has 5 heteroatoms. The standard InChI is InChI=1S/C14H15BrN4/c15-11-8-16-14(17-9-11)18-12-6-7-19(10-12)13-4-2-1-3-5-13/h1-5,8-9,12H,6-7,10H2,(H,16,17,18)/i8D. The van der Waals surface area contributed by atoms with E-state index in [4.69, 9.17) is 1.37 Å². The lowest BCUT2D eigenvalue weighted by Gasteiger charge is -2.18. The molecule has 1 aromatic heterocycles. The van der Waals surface area contributed by atoms with Crippen molar-refractivity contribution in [2.45, 2.75) is 12.5 Å². The predicted molar refractivity (Wildman–Crippen MR) is 80.4 cm³/mol. The van der Waals surface area contributed by atoms with Gasteiger partial charge in [0.1, 0.15) is 0 Å². The third kappa shape index (κ3) is 3.04. The first-order chi connectivity index (χ1) is 9.72. The molecule has 0 aliphatic carbocycles. The molecule has 0 amide bonds. The lowest BCUT2D eigenvalue weighted by molar-refractivity contribution is 0.792. The van der Waals surface area contributed by atoms with Gasteiger partial charge in [0.2, 0.25) is 5.95 Å². The van der Waals surface area contributed by atoms with Gasteiger partial charge in [0, 0.05) is 37.2 Å². The predicted octanol–water partition coefficient (Wildman–Crippen LogP) is 2.93. The zero-order valence-electron chi connectivity index (χ0n) is 11.4. The van der Waals surface area contributed by atoms with Crippen LogP contribution in [0, 0.1) is 0 Å². The van der Waals surface area contributed by atoms with E-state index in [9.17, 15) is 0 Å². The Morgan fingerprint density at radius 1 is 1.32 bits per heavy atom. The molecule has 2 aromatic rings. The van der Waals surface area contributed by atoms with Crippen LogP contribution in [-0.2, 0) is 0 Å². The fourth-order valence-electron chi connectivity index (χ4n) is 2.29. The fourth-order valence-corrected chi connectivity index (χ4v) is 2.48. The normalized spacial score (nSPS) is 19.3. The third-order valence-electron chi connectivity index (χ3n) is 3.21. The van der Waals surface area contributed by atoms with Crippen LogP contribution in [0.25, 0.3) is 0 Å². The molecule has 1 aliphatic rings. The van der Waals surface area contributed by atoms with Crippen molar-refractivity contribution in [3.8, 4) is 0 Å². The minimum absolute atomic E-state index is 0.209. The summed E-state index contributed by atoms with van der Waals surface area (Å²) in [5.41, 5.74) is 1.25. The summed E-state index contributed by atoms with van der Waals surface area (Å²) in [5.74, 6) is 0.526. The molecule has 0 radical (unpaired) electrons. The van der Waals surface area contributed by atoms with Gasteiger partial charge in [-0.1, -0.05) is 18.2 Å². The van der Waals surface area contributed by atoms with E-state index < -0.39 is 0 Å². The molecule has 1 aromatic carbocycles. The molecule has 1 unspecified atom stereocenters. The summed E-state index contributed by atoms with van der Waals surface area (Å²) in [7, 11) is 0. The second-order valence-electron chi connectivity index (χ2n) is 4.56. The highest BCUT2D eigenvalue weighted by atomic mass is 79.9. The quantitative estimate of drug-likeness (QED) is 0.944. The zero-order valence-corrected chi connectivity index (χ0v) is 12.0. The van der Waals surface area contributed by atoms with Crippen molar-refractivity contribution in [3.05, 3.63) is 47.2 Å². The first-order valence-electron chi connectivity index (χ1n) is 6.78. The second kappa shape index (κ2) is 5.57. The molecule has 3 rings (SSSR count). The van der Waals surface area contributed by atoms with E-state index in [0.29, 0.717) is 16.5 Å². The number of para-hydroxylation sites is 1. The molecule has 19 heavy (non-hydrogen) atoms. The van der Waals surface area contributed by atoms with E-state index in [2.05, 4.69) is 60.4 Å². The molecule has 1 aliphatic heterocycles. The number of rotatable bonds is 3. The maximum atomic E-state index is 7.66. The first-order valence-corrected chi connectivity index (χ1v) is 7.07. The number of aromatic nitrogens is 2. The van der Waals surface area contributed by atoms with Crippen molar-refractivity contribution in [3.63, 3.8) is 0 Å². The van der Waals surface area contributed by atoms with Gasteiger partial charge in [0.15, 0.2) is 0 Å². The van der Waals surface area contributed by atoms with Crippen LogP contribution in [0.5, 0.6) is 0 Å². The number of anilines is 2. The largest absolute Gasteiger partial charge is 0.369 e. The number of nitrogens with zero attached hydrogens (tertiary/aromatic N) is 3. The van der Waals surface area contributed by atoms with Gasteiger partial charge in [-0.05, 0) is 34.5 Å². The van der Waals surface area contributed by atoms with Gasteiger partial charge in [-0.25, -0.2) is 9.97 Å². The topological polar surface area (TPSA) is 41.1 Å². The van der Waals surface area contributed by atoms with Crippen LogP contribution in [0.3, 0.4) is 0 Å². The zero-order chi connectivity index (χ0) is 13.9. The van der Waals surface area contributed by atoms with Gasteiger partial charge in [0.05, 0.1) is 5.84 Å². The van der Waals surface area contributed by atoms with Crippen LogP contribution >= 0.6 is 15.9 Å². The van der Waals surface area contributed by atoms with E-state index in [-0.39, 0.29) is 6.17 Å². The maximum absolute atomic E-state index is 7.66. The smallest absolute Gasteiger partial charge is 0.222 e. The summed E-state index contributed by atoms with van der Waals surface area (Å²) >= 11 is 3.23. The van der Waals surface area contributed by atoms with Crippen molar-refractivity contribution in [1.29, 1.82) is 0 Å². The summed E-state index contributed by atoms with van der Waals surface area (Å²) in [6.45, 7) is 1.95. The Balaban J connectivity index is 1.64. The van der Waals surface area contributed by atoms with Gasteiger partial charge in [-0.3, -0.25) is 0 Å². The highest BCUT2D eigenvalue weighted by molar-refractivity contribution is 9.10. The molecule has 1 N–H and O–H groups in total. The molecule has 0 bridgehead atoms. The number of nitrogens with one attached hydrogen (secondary N) is 1. The highest BCUT2D eigenvalue weighted by Crippen LogP contribution is 2.21. The van der Waals surface area contributed by atoms with E-state index in [1.165, 1.54) is 5.69 Å². The number of benzene rings is 1. The Morgan fingerprint density at radius 3 is 2.95 bits per heavy atom. The van der Waals surface area contributed by atoms with E-state index in [1.807, 2.05) is 6.07 Å². The summed E-state index contributed by atoms with van der Waals surface area (Å²) in [6.07, 6.45) is 2.86. The Labute approximate surface area is 122 Å². The molecule has 1 saturated heterocycles. The summed E-state index contributed by atoms with van der Waals surface area (Å²) in [5, 5.41) is 3.30. The van der Waals surface area contributed by atoms with Crippen molar-refractivity contribution < 1.29 is 1.37 Å². The first kappa shape index (κ1) is 11.2. The average Bonchev–Trinajstić information content (AvgIpc) is 2.92. The lowest BCUT2D eigenvalue weighted by Crippen LogP contribution is -2.26. The Morgan fingerprint density at radius 2 is 2.16 bits per heavy atom. The molecule has 98 valence electrons. The van der Waals surface area contributed by atoms with Crippen molar-refractivity contribution in [2.24, 2.45) is 0 Å². The Kier molecular flexibility index (Phi) is 3.29. The van der Waals surface area contributed by atoms with Crippen molar-refractivity contribution >= 4 is 27.6 Å². The minimum Gasteiger partial charge on any atom is -0.369 e. The van der Waals surface area contributed by atoms with Crippen LogP contribution in [0.15, 0.2) is 47.2 Å². The maximum Gasteiger partial charge on any atom is 0.222 e. The summed E-state index contributed by atoms with van der Waals surface area (Å²) < 4.78 is 8.27. The minimum atomic E-state index is 0.209. The Bertz CT molecular complexity index is 593. The molecule has 2 heterocycles. The van der Waals surface area contributed by atoms with Gasteiger partial charge in [-0.15, -0.1) is 0 Å². The molecule has 0 spiro atoms. The van der Waals surface area contributed by atoms with Crippen LogP contribution in [-0.4, -0.2) is 29.1 Å². The molecule has 1 atom stereocenters.